The number of carbonyl (C=O) groups is 3. The molecule has 2 aromatic rings. The summed E-state index contributed by atoms with van der Waals surface area (Å²) < 4.78 is 15.9. The lowest BCUT2D eigenvalue weighted by Crippen LogP contribution is -2.29. The Morgan fingerprint density at radius 1 is 0.862 bits per heavy atom. The third kappa shape index (κ3) is 4.03. The molecule has 29 heavy (non-hydrogen) atoms. The quantitative estimate of drug-likeness (QED) is 0.409. The van der Waals surface area contributed by atoms with Crippen molar-refractivity contribution in [1.82, 2.24) is 0 Å². The molecule has 148 valence electrons. The van der Waals surface area contributed by atoms with Crippen LogP contribution in [0.1, 0.15) is 15.9 Å². The second kappa shape index (κ2) is 8.43. The number of allylic oxidation sites excluding steroid dienone is 1. The summed E-state index contributed by atoms with van der Waals surface area (Å²) in [6.07, 6.45) is 5.48. The minimum absolute atomic E-state index is 0.234. The molecule has 0 radical (unpaired) electrons. The van der Waals surface area contributed by atoms with Gasteiger partial charge < -0.3 is 14.2 Å². The van der Waals surface area contributed by atoms with Crippen LogP contribution < -0.4 is 19.1 Å². The number of ether oxygens (including phenoxy) is 3. The second-order valence-corrected chi connectivity index (χ2v) is 6.05. The molecular formula is C22H19NO6. The van der Waals surface area contributed by atoms with Gasteiger partial charge in [0, 0.05) is 17.7 Å². The van der Waals surface area contributed by atoms with Gasteiger partial charge in [0.05, 0.1) is 27.0 Å². The average Bonchev–Trinajstić information content (AvgIpc) is 3.09. The molecule has 0 N–H and O–H groups in total. The van der Waals surface area contributed by atoms with Gasteiger partial charge in [0.1, 0.15) is 0 Å². The predicted octanol–water partition coefficient (Wildman–Crippen LogP) is 3.04. The van der Waals surface area contributed by atoms with Gasteiger partial charge in [-0.2, -0.15) is 0 Å². The highest BCUT2D eigenvalue weighted by Gasteiger charge is 2.25. The molecule has 7 nitrogen and oxygen atoms in total. The van der Waals surface area contributed by atoms with E-state index in [1.807, 2.05) is 0 Å². The molecule has 0 bridgehead atoms. The molecule has 1 aliphatic rings. The zero-order valence-electron chi connectivity index (χ0n) is 16.2. The normalized spacial score (nSPS) is 13.3. The van der Waals surface area contributed by atoms with Crippen LogP contribution in [0.4, 0.5) is 5.69 Å². The van der Waals surface area contributed by atoms with Crippen LogP contribution in [0.3, 0.4) is 0 Å². The molecule has 2 amide bonds. The molecule has 1 heterocycles. The fourth-order valence-corrected chi connectivity index (χ4v) is 2.90. The highest BCUT2D eigenvalue weighted by Crippen LogP contribution is 2.38. The Morgan fingerprint density at radius 2 is 1.41 bits per heavy atom. The van der Waals surface area contributed by atoms with Crippen LogP contribution in [0.15, 0.2) is 54.6 Å². The summed E-state index contributed by atoms with van der Waals surface area (Å²) in [5, 5.41) is 0. The zero-order valence-corrected chi connectivity index (χ0v) is 16.2. The summed E-state index contributed by atoms with van der Waals surface area (Å²) in [7, 11) is 4.55. The van der Waals surface area contributed by atoms with Crippen LogP contribution in [-0.2, 0) is 9.59 Å². The third-order valence-electron chi connectivity index (χ3n) is 4.33. The average molecular weight is 393 g/mol. The van der Waals surface area contributed by atoms with Gasteiger partial charge in [0.2, 0.25) is 5.75 Å². The molecule has 0 saturated carbocycles. The maximum atomic E-state index is 12.5. The van der Waals surface area contributed by atoms with E-state index in [1.165, 1.54) is 39.6 Å². The van der Waals surface area contributed by atoms with E-state index in [1.54, 1.807) is 42.5 Å². The first-order chi connectivity index (χ1) is 14.0. The number of imide groups is 1. The SMILES string of the molecule is COc1cc(C=CC(=O)c2ccc(N3C(=O)C=CC3=O)cc2)cc(OC)c1OC. The summed E-state index contributed by atoms with van der Waals surface area (Å²) in [6.45, 7) is 0. The van der Waals surface area contributed by atoms with E-state index in [9.17, 15) is 14.4 Å². The maximum absolute atomic E-state index is 12.5. The monoisotopic (exact) mass is 393 g/mol. The number of carbonyl (C=O) groups excluding carboxylic acids is 3. The Balaban J connectivity index is 1.79. The molecule has 0 aromatic heterocycles. The Morgan fingerprint density at radius 3 is 1.90 bits per heavy atom. The summed E-state index contributed by atoms with van der Waals surface area (Å²) in [6, 6.07) is 9.70. The van der Waals surface area contributed by atoms with Crippen LogP contribution in [0.5, 0.6) is 17.2 Å². The van der Waals surface area contributed by atoms with E-state index in [2.05, 4.69) is 0 Å². The van der Waals surface area contributed by atoms with Crippen molar-refractivity contribution < 1.29 is 28.6 Å². The highest BCUT2D eigenvalue weighted by molar-refractivity contribution is 6.28. The Hall–Kier alpha value is -3.87. The van der Waals surface area contributed by atoms with Crippen molar-refractivity contribution >= 4 is 29.4 Å². The summed E-state index contributed by atoms with van der Waals surface area (Å²) in [5.74, 6) is 0.388. The number of ketones is 1. The molecule has 2 aromatic carbocycles. The summed E-state index contributed by atoms with van der Waals surface area (Å²) in [5.41, 5.74) is 1.53. The number of benzene rings is 2. The van der Waals surface area contributed by atoms with Crippen molar-refractivity contribution in [2.75, 3.05) is 26.2 Å². The molecule has 0 atom stereocenters. The first kappa shape index (κ1) is 19.9. The van der Waals surface area contributed by atoms with Gasteiger partial charge in [-0.3, -0.25) is 14.4 Å². The van der Waals surface area contributed by atoms with Crippen LogP contribution >= 0.6 is 0 Å². The standard InChI is InChI=1S/C22H19NO6/c1-27-18-12-14(13-19(28-2)22(18)29-3)4-9-17(24)15-5-7-16(8-6-15)23-20(25)10-11-21(23)26/h4-13H,1-3H3. The van der Waals surface area contributed by atoms with Crippen molar-refractivity contribution in [3.05, 3.63) is 65.8 Å². The van der Waals surface area contributed by atoms with Crippen LogP contribution in [0.2, 0.25) is 0 Å². The number of hydrogen-bond donors (Lipinski definition) is 0. The van der Waals surface area contributed by atoms with E-state index >= 15 is 0 Å². The highest BCUT2D eigenvalue weighted by atomic mass is 16.5. The Bertz CT molecular complexity index is 977. The van der Waals surface area contributed by atoms with Gasteiger partial charge in [-0.25, -0.2) is 4.90 Å². The lowest BCUT2D eigenvalue weighted by molar-refractivity contribution is -0.119. The molecule has 3 rings (SSSR count). The second-order valence-electron chi connectivity index (χ2n) is 6.05. The van der Waals surface area contributed by atoms with Crippen LogP contribution in [0, 0.1) is 0 Å². The molecule has 0 unspecified atom stereocenters. The van der Waals surface area contributed by atoms with Crippen molar-refractivity contribution in [2.45, 2.75) is 0 Å². The van der Waals surface area contributed by atoms with Gasteiger partial charge in [-0.1, -0.05) is 6.08 Å². The molecule has 0 spiro atoms. The maximum Gasteiger partial charge on any atom is 0.258 e. The van der Waals surface area contributed by atoms with Crippen molar-refractivity contribution in [3.63, 3.8) is 0 Å². The van der Waals surface area contributed by atoms with Gasteiger partial charge in [-0.15, -0.1) is 0 Å². The van der Waals surface area contributed by atoms with E-state index in [4.69, 9.17) is 14.2 Å². The van der Waals surface area contributed by atoms with Crippen molar-refractivity contribution in [3.8, 4) is 17.2 Å². The Labute approximate surface area is 167 Å². The van der Waals surface area contributed by atoms with Crippen molar-refractivity contribution in [1.29, 1.82) is 0 Å². The van der Waals surface area contributed by atoms with Gasteiger partial charge >= 0.3 is 0 Å². The lowest BCUT2D eigenvalue weighted by Gasteiger charge is -2.13. The molecule has 0 saturated heterocycles. The van der Waals surface area contributed by atoms with E-state index < -0.39 is 11.8 Å². The fraction of sp³-hybridized carbons (Fsp3) is 0.136. The van der Waals surface area contributed by atoms with Gasteiger partial charge in [0.15, 0.2) is 17.3 Å². The van der Waals surface area contributed by atoms with Crippen LogP contribution in [0.25, 0.3) is 6.08 Å². The van der Waals surface area contributed by atoms with E-state index in [-0.39, 0.29) is 5.78 Å². The number of hydrogen-bond acceptors (Lipinski definition) is 6. The molecule has 0 fully saturated rings. The molecule has 7 heteroatoms. The minimum Gasteiger partial charge on any atom is -0.493 e. The summed E-state index contributed by atoms with van der Waals surface area (Å²) in [4.78, 5) is 37.0. The van der Waals surface area contributed by atoms with Crippen molar-refractivity contribution in [2.24, 2.45) is 0 Å². The van der Waals surface area contributed by atoms with Crippen LogP contribution in [-0.4, -0.2) is 38.9 Å². The molecule has 0 aliphatic carbocycles. The number of methoxy groups -OCH3 is 3. The van der Waals surface area contributed by atoms with Gasteiger partial charge in [0.25, 0.3) is 11.8 Å². The third-order valence-corrected chi connectivity index (χ3v) is 4.33. The zero-order chi connectivity index (χ0) is 21.0. The molecule has 1 aliphatic heterocycles. The van der Waals surface area contributed by atoms with Gasteiger partial charge in [-0.05, 0) is 48.0 Å². The first-order valence-corrected chi connectivity index (χ1v) is 8.67. The Kier molecular flexibility index (Phi) is 5.78. The summed E-state index contributed by atoms with van der Waals surface area (Å²) >= 11 is 0. The number of rotatable bonds is 7. The fourth-order valence-electron chi connectivity index (χ4n) is 2.90. The predicted molar refractivity (Wildman–Crippen MR) is 108 cm³/mol. The minimum atomic E-state index is -0.406. The number of nitrogens with zero attached hydrogens (tertiary/aromatic N) is 1. The smallest absolute Gasteiger partial charge is 0.258 e. The first-order valence-electron chi connectivity index (χ1n) is 8.67. The largest absolute Gasteiger partial charge is 0.493 e. The van der Waals surface area contributed by atoms with E-state index in [0.717, 1.165) is 4.90 Å². The number of anilines is 1. The lowest BCUT2D eigenvalue weighted by atomic mass is 10.1. The number of amides is 2. The topological polar surface area (TPSA) is 82.1 Å². The van der Waals surface area contributed by atoms with E-state index in [0.29, 0.717) is 34.1 Å². The molecular weight excluding hydrogens is 374 g/mol.